The number of carbonyl (C=O) groups excluding carboxylic acids is 2. The predicted octanol–water partition coefficient (Wildman–Crippen LogP) is 1.57. The molecule has 1 saturated heterocycles. The first-order valence-electron chi connectivity index (χ1n) is 9.41. The second-order valence-corrected chi connectivity index (χ2v) is 6.60. The third-order valence-corrected chi connectivity index (χ3v) is 4.76. The molecule has 0 unspecified atom stereocenters. The third-order valence-electron chi connectivity index (χ3n) is 4.76. The van der Waals surface area contributed by atoms with Crippen molar-refractivity contribution in [3.8, 4) is 5.75 Å². The van der Waals surface area contributed by atoms with E-state index in [1.807, 2.05) is 18.2 Å². The second-order valence-electron chi connectivity index (χ2n) is 6.60. The van der Waals surface area contributed by atoms with E-state index in [1.165, 1.54) is 5.69 Å². The Hall–Kier alpha value is -3.06. The number of nitrogens with one attached hydrogen (secondary N) is 2. The van der Waals surface area contributed by atoms with Gasteiger partial charge in [-0.3, -0.25) is 14.5 Å². The smallest absolute Gasteiger partial charge is 0.313 e. The van der Waals surface area contributed by atoms with Crippen LogP contribution in [0.25, 0.3) is 0 Å². The number of amides is 2. The van der Waals surface area contributed by atoms with E-state index in [2.05, 4.69) is 32.6 Å². The number of hydrogen-bond donors (Lipinski definition) is 2. The zero-order valence-corrected chi connectivity index (χ0v) is 16.1. The van der Waals surface area contributed by atoms with Crippen molar-refractivity contribution in [3.05, 3.63) is 54.6 Å². The van der Waals surface area contributed by atoms with Crippen LogP contribution in [0.15, 0.2) is 54.6 Å². The van der Waals surface area contributed by atoms with E-state index >= 15 is 0 Å². The molecule has 0 spiro atoms. The Labute approximate surface area is 165 Å². The third kappa shape index (κ3) is 5.47. The van der Waals surface area contributed by atoms with E-state index in [1.54, 1.807) is 31.4 Å². The molecule has 2 N–H and O–H groups in total. The molecular formula is C21H26N4O3. The van der Waals surface area contributed by atoms with Crippen LogP contribution in [-0.4, -0.2) is 63.1 Å². The van der Waals surface area contributed by atoms with Crippen molar-refractivity contribution < 1.29 is 14.3 Å². The monoisotopic (exact) mass is 382 g/mol. The minimum absolute atomic E-state index is 0.448. The molecule has 1 heterocycles. The highest BCUT2D eigenvalue weighted by Crippen LogP contribution is 2.20. The summed E-state index contributed by atoms with van der Waals surface area (Å²) in [6.07, 6.45) is 0. The van der Waals surface area contributed by atoms with E-state index < -0.39 is 11.8 Å². The van der Waals surface area contributed by atoms with Gasteiger partial charge in [-0.15, -0.1) is 0 Å². The maximum atomic E-state index is 11.9. The Morgan fingerprint density at radius 3 is 2.25 bits per heavy atom. The van der Waals surface area contributed by atoms with E-state index in [0.29, 0.717) is 12.2 Å². The molecule has 148 valence electrons. The van der Waals surface area contributed by atoms with Crippen LogP contribution < -0.4 is 20.3 Å². The van der Waals surface area contributed by atoms with Gasteiger partial charge in [-0.25, -0.2) is 0 Å². The van der Waals surface area contributed by atoms with Gasteiger partial charge in [-0.1, -0.05) is 18.2 Å². The molecule has 0 saturated carbocycles. The van der Waals surface area contributed by atoms with E-state index in [9.17, 15) is 9.59 Å². The minimum atomic E-state index is -0.643. The van der Waals surface area contributed by atoms with Crippen molar-refractivity contribution in [2.24, 2.45) is 0 Å². The summed E-state index contributed by atoms with van der Waals surface area (Å²) in [6.45, 7) is 4.85. The van der Waals surface area contributed by atoms with E-state index in [0.717, 1.165) is 38.5 Å². The molecule has 1 aliphatic heterocycles. The molecule has 28 heavy (non-hydrogen) atoms. The predicted molar refractivity (Wildman–Crippen MR) is 110 cm³/mol. The lowest BCUT2D eigenvalue weighted by atomic mass is 10.2. The van der Waals surface area contributed by atoms with Crippen molar-refractivity contribution in [2.75, 3.05) is 56.6 Å². The summed E-state index contributed by atoms with van der Waals surface area (Å²) >= 11 is 0. The maximum Gasteiger partial charge on any atom is 0.313 e. The summed E-state index contributed by atoms with van der Waals surface area (Å²) in [5.74, 6) is -0.398. The number of para-hydroxylation sites is 1. The number of methoxy groups -OCH3 is 1. The minimum Gasteiger partial charge on any atom is -0.497 e. The van der Waals surface area contributed by atoms with Gasteiger partial charge in [-0.05, 0) is 36.4 Å². The van der Waals surface area contributed by atoms with Crippen LogP contribution in [0.4, 0.5) is 11.4 Å². The van der Waals surface area contributed by atoms with Crippen LogP contribution in [0.1, 0.15) is 0 Å². The van der Waals surface area contributed by atoms with Crippen molar-refractivity contribution in [1.29, 1.82) is 0 Å². The van der Waals surface area contributed by atoms with Crippen LogP contribution in [0.2, 0.25) is 0 Å². The normalized spacial score (nSPS) is 14.4. The van der Waals surface area contributed by atoms with Crippen LogP contribution >= 0.6 is 0 Å². The first-order valence-corrected chi connectivity index (χ1v) is 9.41. The lowest BCUT2D eigenvalue weighted by Gasteiger charge is -2.36. The molecule has 2 aromatic carbocycles. The molecule has 0 aromatic heterocycles. The largest absolute Gasteiger partial charge is 0.497 e. The van der Waals surface area contributed by atoms with Crippen LogP contribution in [-0.2, 0) is 9.59 Å². The molecule has 2 amide bonds. The lowest BCUT2D eigenvalue weighted by Crippen LogP contribution is -2.49. The van der Waals surface area contributed by atoms with E-state index in [4.69, 9.17) is 4.74 Å². The van der Waals surface area contributed by atoms with Crippen molar-refractivity contribution in [1.82, 2.24) is 10.2 Å². The molecule has 3 rings (SSSR count). The summed E-state index contributed by atoms with van der Waals surface area (Å²) in [5.41, 5.74) is 1.80. The van der Waals surface area contributed by atoms with Gasteiger partial charge in [0.25, 0.3) is 0 Å². The molecule has 0 bridgehead atoms. The summed E-state index contributed by atoms with van der Waals surface area (Å²) in [7, 11) is 1.66. The fourth-order valence-corrected chi connectivity index (χ4v) is 3.14. The summed E-state index contributed by atoms with van der Waals surface area (Å²) in [5, 5.41) is 5.27. The molecule has 7 nitrogen and oxygen atoms in total. The first-order chi connectivity index (χ1) is 13.7. The zero-order chi connectivity index (χ0) is 19.8. The molecule has 0 aliphatic carbocycles. The molecule has 0 radical (unpaired) electrons. The molecule has 7 heteroatoms. The molecular weight excluding hydrogens is 356 g/mol. The van der Waals surface area contributed by atoms with Gasteiger partial charge >= 0.3 is 11.8 Å². The average molecular weight is 382 g/mol. The average Bonchev–Trinajstić information content (AvgIpc) is 2.75. The Morgan fingerprint density at radius 2 is 1.61 bits per heavy atom. The van der Waals surface area contributed by atoms with Crippen LogP contribution in [0, 0.1) is 0 Å². The summed E-state index contributed by atoms with van der Waals surface area (Å²) < 4.78 is 5.20. The van der Waals surface area contributed by atoms with Gasteiger partial charge in [0.05, 0.1) is 7.11 Å². The maximum absolute atomic E-state index is 11.9. The topological polar surface area (TPSA) is 73.9 Å². The van der Waals surface area contributed by atoms with E-state index in [-0.39, 0.29) is 0 Å². The second kappa shape index (κ2) is 9.75. The van der Waals surface area contributed by atoms with Gasteiger partial charge in [0.1, 0.15) is 5.75 Å². The Balaban J connectivity index is 1.36. The standard InChI is InChI=1S/C21H26N4O3/c1-28-19-9-7-18(8-10-19)25-15-13-24(14-16-25)12-11-22-20(26)21(27)23-17-5-3-2-4-6-17/h2-10H,11-16H2,1H3,(H,22,26)(H,23,27). The number of nitrogens with zero attached hydrogens (tertiary/aromatic N) is 2. The Kier molecular flexibility index (Phi) is 6.86. The van der Waals surface area contributed by atoms with Crippen molar-refractivity contribution >= 4 is 23.2 Å². The van der Waals surface area contributed by atoms with Crippen LogP contribution in [0.3, 0.4) is 0 Å². The first kappa shape index (κ1) is 19.7. The number of piperazine rings is 1. The van der Waals surface area contributed by atoms with Gasteiger partial charge in [-0.2, -0.15) is 0 Å². The molecule has 0 atom stereocenters. The highest BCUT2D eigenvalue weighted by atomic mass is 16.5. The fourth-order valence-electron chi connectivity index (χ4n) is 3.14. The van der Waals surface area contributed by atoms with Crippen LogP contribution in [0.5, 0.6) is 5.75 Å². The summed E-state index contributed by atoms with van der Waals surface area (Å²) in [4.78, 5) is 28.4. The molecule has 1 aliphatic rings. The van der Waals surface area contributed by atoms with Crippen molar-refractivity contribution in [3.63, 3.8) is 0 Å². The number of anilines is 2. The zero-order valence-electron chi connectivity index (χ0n) is 16.1. The highest BCUT2D eigenvalue weighted by molar-refractivity contribution is 6.39. The van der Waals surface area contributed by atoms with Gasteiger partial charge in [0, 0.05) is 50.6 Å². The summed E-state index contributed by atoms with van der Waals surface area (Å²) in [6, 6.07) is 17.0. The Morgan fingerprint density at radius 1 is 0.929 bits per heavy atom. The van der Waals surface area contributed by atoms with Gasteiger partial charge in [0.15, 0.2) is 0 Å². The number of rotatable bonds is 6. The highest BCUT2D eigenvalue weighted by Gasteiger charge is 2.18. The Bertz CT molecular complexity index is 772. The number of hydrogen-bond acceptors (Lipinski definition) is 5. The molecule has 1 fully saturated rings. The number of benzene rings is 2. The fraction of sp³-hybridized carbons (Fsp3) is 0.333. The lowest BCUT2D eigenvalue weighted by molar-refractivity contribution is -0.136. The van der Waals surface area contributed by atoms with Gasteiger partial charge in [0.2, 0.25) is 0 Å². The van der Waals surface area contributed by atoms with Crippen molar-refractivity contribution in [2.45, 2.75) is 0 Å². The molecule has 2 aromatic rings. The SMILES string of the molecule is COc1ccc(N2CCN(CCNC(=O)C(=O)Nc3ccccc3)CC2)cc1. The van der Waals surface area contributed by atoms with Gasteiger partial charge < -0.3 is 20.3 Å². The number of carbonyl (C=O) groups is 2. The number of ether oxygens (including phenoxy) is 1. The quantitative estimate of drug-likeness (QED) is 0.742.